The molecule has 0 aliphatic heterocycles. The van der Waals surface area contributed by atoms with Crippen molar-refractivity contribution in [3.8, 4) is 28.6 Å². The van der Waals surface area contributed by atoms with Crippen LogP contribution in [-0.4, -0.2) is 34.4 Å². The van der Waals surface area contributed by atoms with Crippen molar-refractivity contribution in [1.82, 2.24) is 14.6 Å². The van der Waals surface area contributed by atoms with Crippen LogP contribution in [0.4, 0.5) is 0 Å². The Hall–Kier alpha value is -3.39. The van der Waals surface area contributed by atoms with E-state index in [2.05, 4.69) is 17.0 Å². The fraction of sp³-hybridized carbons (Fsp3) is 0.370. The van der Waals surface area contributed by atoms with Crippen LogP contribution in [0.3, 0.4) is 0 Å². The molecule has 184 valence electrons. The van der Waals surface area contributed by atoms with Crippen molar-refractivity contribution in [2.45, 2.75) is 46.5 Å². The highest BCUT2D eigenvalue weighted by atomic mass is 32.1. The summed E-state index contributed by atoms with van der Waals surface area (Å²) in [6, 6.07) is 13.3. The molecular formula is C27H31N3O4S. The van der Waals surface area contributed by atoms with E-state index in [9.17, 15) is 4.79 Å². The third-order valence-electron chi connectivity index (χ3n) is 5.43. The fourth-order valence-corrected chi connectivity index (χ4v) is 4.59. The van der Waals surface area contributed by atoms with Gasteiger partial charge in [-0.15, -0.1) is 5.10 Å². The number of ether oxygens (including phenoxy) is 3. The molecule has 0 fully saturated rings. The third kappa shape index (κ3) is 6.00. The predicted molar refractivity (Wildman–Crippen MR) is 140 cm³/mol. The number of rotatable bonds is 12. The molecule has 0 atom stereocenters. The third-order valence-corrected chi connectivity index (χ3v) is 6.39. The van der Waals surface area contributed by atoms with Gasteiger partial charge < -0.3 is 14.2 Å². The van der Waals surface area contributed by atoms with Crippen LogP contribution in [0.25, 0.3) is 22.4 Å². The molecule has 0 amide bonds. The number of nitrogens with zero attached hydrogens (tertiary/aromatic N) is 3. The second-order valence-electron chi connectivity index (χ2n) is 8.05. The molecule has 4 aromatic rings. The first-order valence-corrected chi connectivity index (χ1v) is 13.0. The SMILES string of the molecule is CCCCCCOc1ccc(-c2nc3s/c(=C\c4ccc(OCC)c(OCC)c4)c(=O)n3n2)cc1. The molecule has 2 aromatic heterocycles. The lowest BCUT2D eigenvalue weighted by atomic mass is 10.2. The summed E-state index contributed by atoms with van der Waals surface area (Å²) < 4.78 is 19.0. The van der Waals surface area contributed by atoms with Gasteiger partial charge >= 0.3 is 0 Å². The van der Waals surface area contributed by atoms with Crippen molar-refractivity contribution in [2.24, 2.45) is 0 Å². The van der Waals surface area contributed by atoms with Crippen molar-refractivity contribution in [2.75, 3.05) is 19.8 Å². The van der Waals surface area contributed by atoms with E-state index in [1.54, 1.807) is 0 Å². The molecule has 0 bridgehead atoms. The Kier molecular flexibility index (Phi) is 8.36. The Morgan fingerprint density at radius 3 is 2.40 bits per heavy atom. The summed E-state index contributed by atoms with van der Waals surface area (Å²) in [5, 5.41) is 4.45. The number of unbranched alkanes of at least 4 members (excludes halogenated alkanes) is 3. The molecular weight excluding hydrogens is 462 g/mol. The minimum absolute atomic E-state index is 0.192. The minimum Gasteiger partial charge on any atom is -0.494 e. The number of aromatic nitrogens is 3. The summed E-state index contributed by atoms with van der Waals surface area (Å²) in [6.07, 6.45) is 6.52. The summed E-state index contributed by atoms with van der Waals surface area (Å²) >= 11 is 1.31. The van der Waals surface area contributed by atoms with E-state index in [1.165, 1.54) is 35.1 Å². The standard InChI is InChI=1S/C27H31N3O4S/c1-4-7-8-9-16-34-21-13-11-20(12-14-21)25-28-27-30(29-25)26(31)24(35-27)18-19-10-15-22(32-5-2)23(17-19)33-6-3/h10-15,17-18H,4-9,16H2,1-3H3/b24-18-. The van der Waals surface area contributed by atoms with Gasteiger partial charge in [0.05, 0.1) is 24.4 Å². The Balaban J connectivity index is 1.52. The van der Waals surface area contributed by atoms with Crippen LogP contribution in [0.15, 0.2) is 47.3 Å². The van der Waals surface area contributed by atoms with E-state index in [4.69, 9.17) is 14.2 Å². The van der Waals surface area contributed by atoms with E-state index in [0.29, 0.717) is 40.0 Å². The first kappa shape index (κ1) is 24.7. The average Bonchev–Trinajstić information content (AvgIpc) is 3.40. The summed E-state index contributed by atoms with van der Waals surface area (Å²) in [7, 11) is 0. The molecule has 2 aromatic carbocycles. The van der Waals surface area contributed by atoms with E-state index in [0.717, 1.165) is 29.9 Å². The second kappa shape index (κ2) is 11.8. The van der Waals surface area contributed by atoms with Crippen molar-refractivity contribution in [3.63, 3.8) is 0 Å². The molecule has 2 heterocycles. The monoisotopic (exact) mass is 493 g/mol. The Bertz CT molecular complexity index is 1360. The molecule has 0 aliphatic rings. The number of fused-ring (bicyclic) bond motifs is 1. The lowest BCUT2D eigenvalue weighted by Gasteiger charge is -2.11. The van der Waals surface area contributed by atoms with E-state index >= 15 is 0 Å². The van der Waals surface area contributed by atoms with E-state index < -0.39 is 0 Å². The number of benzene rings is 2. The highest BCUT2D eigenvalue weighted by molar-refractivity contribution is 7.15. The summed E-state index contributed by atoms with van der Waals surface area (Å²) in [5.41, 5.74) is 1.50. The molecule has 0 saturated heterocycles. The maximum absolute atomic E-state index is 13.0. The summed E-state index contributed by atoms with van der Waals surface area (Å²) in [6.45, 7) is 7.86. The topological polar surface area (TPSA) is 75.0 Å². The van der Waals surface area contributed by atoms with Gasteiger partial charge in [-0.3, -0.25) is 4.79 Å². The number of thiazole rings is 1. The van der Waals surface area contributed by atoms with E-state index in [1.807, 2.05) is 62.4 Å². The Labute approximate surface area is 209 Å². The zero-order valence-corrected chi connectivity index (χ0v) is 21.3. The maximum atomic E-state index is 13.0. The van der Waals surface area contributed by atoms with Gasteiger partial charge in [-0.05, 0) is 68.3 Å². The molecule has 7 nitrogen and oxygen atoms in total. The normalized spacial score (nSPS) is 11.8. The molecule has 0 N–H and O–H groups in total. The molecule has 0 saturated carbocycles. The maximum Gasteiger partial charge on any atom is 0.291 e. The van der Waals surface area contributed by atoms with Crippen LogP contribution in [0.1, 0.15) is 52.0 Å². The van der Waals surface area contributed by atoms with Gasteiger partial charge in [0.15, 0.2) is 17.3 Å². The van der Waals surface area contributed by atoms with Crippen molar-refractivity contribution < 1.29 is 14.2 Å². The molecule has 8 heteroatoms. The van der Waals surface area contributed by atoms with Gasteiger partial charge in [0.2, 0.25) is 4.96 Å². The van der Waals surface area contributed by atoms with Crippen LogP contribution in [-0.2, 0) is 0 Å². The van der Waals surface area contributed by atoms with Crippen LogP contribution in [0.2, 0.25) is 0 Å². The quantitative estimate of drug-likeness (QED) is 0.255. The number of hydrogen-bond acceptors (Lipinski definition) is 7. The smallest absolute Gasteiger partial charge is 0.291 e. The molecule has 4 rings (SSSR count). The first-order valence-electron chi connectivity index (χ1n) is 12.2. The van der Waals surface area contributed by atoms with Gasteiger partial charge in [0, 0.05) is 5.56 Å². The molecule has 35 heavy (non-hydrogen) atoms. The van der Waals surface area contributed by atoms with Crippen LogP contribution >= 0.6 is 11.3 Å². The van der Waals surface area contributed by atoms with Gasteiger partial charge in [0.25, 0.3) is 5.56 Å². The average molecular weight is 494 g/mol. The predicted octanol–water partition coefficient (Wildman–Crippen LogP) is 5.12. The minimum atomic E-state index is -0.192. The lowest BCUT2D eigenvalue weighted by molar-refractivity contribution is 0.287. The lowest BCUT2D eigenvalue weighted by Crippen LogP contribution is -2.23. The van der Waals surface area contributed by atoms with Crippen molar-refractivity contribution in [1.29, 1.82) is 0 Å². The second-order valence-corrected chi connectivity index (χ2v) is 9.06. The Morgan fingerprint density at radius 1 is 0.914 bits per heavy atom. The highest BCUT2D eigenvalue weighted by Crippen LogP contribution is 2.29. The first-order chi connectivity index (χ1) is 17.1. The molecule has 0 aliphatic carbocycles. The van der Waals surface area contributed by atoms with Crippen molar-refractivity contribution in [3.05, 3.63) is 62.9 Å². The largest absolute Gasteiger partial charge is 0.494 e. The van der Waals surface area contributed by atoms with Gasteiger partial charge in [-0.1, -0.05) is 43.6 Å². The van der Waals surface area contributed by atoms with Gasteiger partial charge in [-0.2, -0.15) is 9.50 Å². The summed E-state index contributed by atoms with van der Waals surface area (Å²) in [5.74, 6) is 2.70. The van der Waals surface area contributed by atoms with Crippen molar-refractivity contribution >= 4 is 22.4 Å². The molecule has 0 radical (unpaired) electrons. The van der Waals surface area contributed by atoms with Crippen LogP contribution in [0, 0.1) is 0 Å². The van der Waals surface area contributed by atoms with E-state index in [-0.39, 0.29) is 5.56 Å². The zero-order valence-electron chi connectivity index (χ0n) is 20.5. The zero-order chi connectivity index (χ0) is 24.6. The van der Waals surface area contributed by atoms with Gasteiger partial charge in [-0.25, -0.2) is 0 Å². The summed E-state index contributed by atoms with van der Waals surface area (Å²) in [4.78, 5) is 18.1. The van der Waals surface area contributed by atoms with Crippen LogP contribution in [0.5, 0.6) is 17.2 Å². The van der Waals surface area contributed by atoms with Gasteiger partial charge in [0.1, 0.15) is 5.75 Å². The number of hydrogen-bond donors (Lipinski definition) is 0. The molecule has 0 spiro atoms. The fourth-order valence-electron chi connectivity index (χ4n) is 3.68. The highest BCUT2D eigenvalue weighted by Gasteiger charge is 2.13. The Morgan fingerprint density at radius 2 is 1.69 bits per heavy atom. The molecule has 0 unspecified atom stereocenters. The van der Waals surface area contributed by atoms with Crippen LogP contribution < -0.4 is 24.3 Å².